The first-order valence-corrected chi connectivity index (χ1v) is 9.29. The van der Waals surface area contributed by atoms with Crippen molar-refractivity contribution in [1.29, 1.82) is 5.26 Å². The van der Waals surface area contributed by atoms with Crippen molar-refractivity contribution in [1.82, 2.24) is 9.55 Å². The van der Waals surface area contributed by atoms with Gasteiger partial charge in [-0.05, 0) is 88.6 Å². The van der Waals surface area contributed by atoms with Crippen molar-refractivity contribution in [3.8, 4) is 6.07 Å². The van der Waals surface area contributed by atoms with E-state index in [1.807, 2.05) is 12.4 Å². The van der Waals surface area contributed by atoms with Crippen LogP contribution in [0, 0.1) is 18.7 Å². The van der Waals surface area contributed by atoms with Gasteiger partial charge in [0.15, 0.2) is 0 Å². The Balaban J connectivity index is 2.17. The molecule has 2 heterocycles. The van der Waals surface area contributed by atoms with Crippen molar-refractivity contribution >= 4 is 62.2 Å². The first-order valence-electron chi connectivity index (χ1n) is 6.31. The van der Waals surface area contributed by atoms with E-state index >= 15 is 0 Å². The van der Waals surface area contributed by atoms with Gasteiger partial charge in [0, 0.05) is 0 Å². The standard InChI is InChI=1S/C14H11I2N3S/c15-13-14(16)19(8-18-13)12(9-3-1-2-4-9)11-6-5-10(7-17)20-11/h5-6,8H,1-4H2. The highest BCUT2D eigenvalue weighted by Gasteiger charge is 2.20. The van der Waals surface area contributed by atoms with E-state index in [-0.39, 0.29) is 0 Å². The molecule has 0 unspecified atom stereocenters. The molecule has 0 aromatic carbocycles. The highest BCUT2D eigenvalue weighted by Crippen LogP contribution is 2.36. The van der Waals surface area contributed by atoms with Gasteiger partial charge < -0.3 is 0 Å². The molecule has 0 bridgehead atoms. The number of imidazole rings is 1. The Morgan fingerprint density at radius 1 is 1.30 bits per heavy atom. The largest absolute Gasteiger partial charge is 0.292 e. The molecule has 1 aliphatic carbocycles. The first-order chi connectivity index (χ1) is 9.70. The minimum Gasteiger partial charge on any atom is -0.292 e. The second-order valence-corrected chi connectivity index (χ2v) is 7.76. The van der Waals surface area contributed by atoms with Gasteiger partial charge in [-0.2, -0.15) is 5.26 Å². The lowest BCUT2D eigenvalue weighted by molar-refractivity contribution is 0.886. The van der Waals surface area contributed by atoms with Crippen molar-refractivity contribution < 1.29 is 0 Å². The van der Waals surface area contributed by atoms with Gasteiger partial charge in [-0.25, -0.2) is 4.98 Å². The van der Waals surface area contributed by atoms with Gasteiger partial charge in [0.1, 0.15) is 24.7 Å². The van der Waals surface area contributed by atoms with Crippen LogP contribution in [0.5, 0.6) is 0 Å². The highest BCUT2D eigenvalue weighted by atomic mass is 127. The number of allylic oxidation sites excluding steroid dienone is 1. The van der Waals surface area contributed by atoms with E-state index < -0.39 is 0 Å². The zero-order chi connectivity index (χ0) is 14.1. The SMILES string of the molecule is N#Cc1ccc(C(=C2CCCC2)n2cnc(I)c2I)s1. The Bertz CT molecular complexity index is 713. The number of nitrogens with zero attached hydrogens (tertiary/aromatic N) is 3. The maximum Gasteiger partial charge on any atom is 0.133 e. The fourth-order valence-electron chi connectivity index (χ4n) is 2.49. The number of hydrogen-bond donors (Lipinski definition) is 0. The quantitative estimate of drug-likeness (QED) is 0.546. The van der Waals surface area contributed by atoms with Crippen molar-refractivity contribution in [2.24, 2.45) is 0 Å². The maximum atomic E-state index is 9.05. The molecule has 0 spiro atoms. The van der Waals surface area contributed by atoms with Crippen LogP contribution in [-0.4, -0.2) is 9.55 Å². The van der Waals surface area contributed by atoms with Crippen LogP contribution in [0.1, 0.15) is 35.4 Å². The highest BCUT2D eigenvalue weighted by molar-refractivity contribution is 14.1. The van der Waals surface area contributed by atoms with Crippen LogP contribution in [0.2, 0.25) is 0 Å². The van der Waals surface area contributed by atoms with Crippen LogP contribution in [0.4, 0.5) is 0 Å². The summed E-state index contributed by atoms with van der Waals surface area (Å²) in [5.74, 6) is 0. The molecule has 0 radical (unpaired) electrons. The summed E-state index contributed by atoms with van der Waals surface area (Å²) in [6, 6.07) is 6.20. The molecule has 3 rings (SSSR count). The van der Waals surface area contributed by atoms with Gasteiger partial charge in [-0.1, -0.05) is 0 Å². The van der Waals surface area contributed by atoms with Crippen LogP contribution < -0.4 is 0 Å². The topological polar surface area (TPSA) is 41.6 Å². The molecule has 6 heteroatoms. The van der Waals surface area contributed by atoms with Crippen LogP contribution in [0.15, 0.2) is 24.0 Å². The predicted octanol–water partition coefficient (Wildman–Crippen LogP) is 4.86. The maximum absolute atomic E-state index is 9.05. The van der Waals surface area contributed by atoms with Crippen molar-refractivity contribution in [3.63, 3.8) is 0 Å². The molecule has 2 aromatic heterocycles. The normalized spacial score (nSPS) is 14.6. The second-order valence-electron chi connectivity index (χ2n) is 4.63. The number of thiophene rings is 1. The van der Waals surface area contributed by atoms with Gasteiger partial charge in [-0.15, -0.1) is 11.3 Å². The number of hydrogen-bond acceptors (Lipinski definition) is 3. The Morgan fingerprint density at radius 2 is 2.05 bits per heavy atom. The average molecular weight is 507 g/mol. The van der Waals surface area contributed by atoms with Gasteiger partial charge in [0.2, 0.25) is 0 Å². The average Bonchev–Trinajstić information content (AvgIpc) is 3.17. The Kier molecular flexibility index (Phi) is 4.47. The third-order valence-electron chi connectivity index (χ3n) is 3.40. The Labute approximate surface area is 149 Å². The molecule has 0 atom stereocenters. The Morgan fingerprint density at radius 3 is 2.60 bits per heavy atom. The molecule has 2 aromatic rings. The molecule has 20 heavy (non-hydrogen) atoms. The molecular weight excluding hydrogens is 496 g/mol. The molecular formula is C14H11I2N3S. The summed E-state index contributed by atoms with van der Waals surface area (Å²) in [5.41, 5.74) is 2.73. The molecule has 0 saturated heterocycles. The van der Waals surface area contributed by atoms with E-state index in [0.717, 1.165) is 25.1 Å². The fraction of sp³-hybridized carbons (Fsp3) is 0.286. The number of halogens is 2. The van der Waals surface area contributed by atoms with E-state index in [9.17, 15) is 0 Å². The van der Waals surface area contributed by atoms with Crippen LogP contribution in [0.3, 0.4) is 0 Å². The Hall–Kier alpha value is -0.400. The molecule has 1 aliphatic rings. The monoisotopic (exact) mass is 507 g/mol. The minimum absolute atomic E-state index is 0.765. The van der Waals surface area contributed by atoms with Crippen LogP contribution >= 0.6 is 56.5 Å². The fourth-order valence-corrected chi connectivity index (χ4v) is 4.28. The lowest BCUT2D eigenvalue weighted by Crippen LogP contribution is -2.01. The summed E-state index contributed by atoms with van der Waals surface area (Å²) >= 11 is 6.17. The number of rotatable bonds is 2. The van der Waals surface area contributed by atoms with Gasteiger partial charge in [-0.3, -0.25) is 4.57 Å². The van der Waals surface area contributed by atoms with Crippen LogP contribution in [0.25, 0.3) is 5.70 Å². The van der Waals surface area contributed by atoms with E-state index in [2.05, 4.69) is 66.9 Å². The molecule has 0 amide bonds. The summed E-state index contributed by atoms with van der Waals surface area (Å²) < 4.78 is 4.34. The zero-order valence-electron chi connectivity index (χ0n) is 10.6. The summed E-state index contributed by atoms with van der Waals surface area (Å²) in [7, 11) is 0. The summed E-state index contributed by atoms with van der Waals surface area (Å²) in [5, 5.41) is 9.05. The van der Waals surface area contributed by atoms with Crippen molar-refractivity contribution in [3.05, 3.63) is 41.2 Å². The summed E-state index contributed by atoms with van der Waals surface area (Å²) in [4.78, 5) is 6.34. The smallest absolute Gasteiger partial charge is 0.133 e. The molecule has 1 fully saturated rings. The molecule has 1 saturated carbocycles. The molecule has 102 valence electrons. The second kappa shape index (κ2) is 6.15. The third kappa shape index (κ3) is 2.67. The van der Waals surface area contributed by atoms with E-state index in [0.29, 0.717) is 0 Å². The lowest BCUT2D eigenvalue weighted by Gasteiger charge is -2.12. The van der Waals surface area contributed by atoms with Gasteiger partial charge in [0.25, 0.3) is 0 Å². The minimum atomic E-state index is 0.765. The van der Waals surface area contributed by atoms with E-state index in [4.69, 9.17) is 5.26 Å². The molecule has 3 nitrogen and oxygen atoms in total. The summed E-state index contributed by atoms with van der Waals surface area (Å²) in [6.45, 7) is 0. The third-order valence-corrected chi connectivity index (χ3v) is 7.25. The molecule has 0 aliphatic heterocycles. The van der Waals surface area contributed by atoms with E-state index in [1.54, 1.807) is 11.3 Å². The first kappa shape index (κ1) is 14.5. The lowest BCUT2D eigenvalue weighted by atomic mass is 10.1. The van der Waals surface area contributed by atoms with E-state index in [1.165, 1.54) is 29.0 Å². The number of aromatic nitrogens is 2. The summed E-state index contributed by atoms with van der Waals surface area (Å²) in [6.07, 6.45) is 6.73. The van der Waals surface area contributed by atoms with Gasteiger partial charge in [0.05, 0.1) is 10.6 Å². The zero-order valence-corrected chi connectivity index (χ0v) is 15.7. The van der Waals surface area contributed by atoms with Gasteiger partial charge >= 0.3 is 0 Å². The predicted molar refractivity (Wildman–Crippen MR) is 97.5 cm³/mol. The van der Waals surface area contributed by atoms with Crippen molar-refractivity contribution in [2.75, 3.05) is 0 Å². The van der Waals surface area contributed by atoms with Crippen molar-refractivity contribution in [2.45, 2.75) is 25.7 Å². The molecule has 0 N–H and O–H groups in total. The van der Waals surface area contributed by atoms with Crippen LogP contribution in [-0.2, 0) is 0 Å². The number of nitriles is 1.